The Balaban J connectivity index is 0.000000319. The van der Waals surface area contributed by atoms with E-state index in [-0.39, 0.29) is 45.9 Å². The van der Waals surface area contributed by atoms with E-state index in [1.807, 2.05) is 102 Å². The molecular formula is C81H124O15Si4. The third-order valence-corrected chi connectivity index (χ3v) is 39.3. The number of benzene rings is 5. The van der Waals surface area contributed by atoms with Crippen LogP contribution in [0.15, 0.2) is 176 Å². The summed E-state index contributed by atoms with van der Waals surface area (Å²) in [5.74, 6) is -2.17. The van der Waals surface area contributed by atoms with Crippen LogP contribution >= 0.6 is 0 Å². The van der Waals surface area contributed by atoms with Crippen molar-refractivity contribution in [2.24, 2.45) is 0 Å². The van der Waals surface area contributed by atoms with Crippen molar-refractivity contribution in [2.75, 3.05) is 41.0 Å². The molecule has 19 heteroatoms. The molecule has 0 aromatic heterocycles. The van der Waals surface area contributed by atoms with E-state index in [9.17, 15) is 9.90 Å². The van der Waals surface area contributed by atoms with E-state index in [4.69, 9.17) is 60.3 Å². The van der Waals surface area contributed by atoms with E-state index >= 15 is 0 Å². The van der Waals surface area contributed by atoms with Crippen molar-refractivity contribution in [1.82, 2.24) is 0 Å². The first-order chi connectivity index (χ1) is 46.7. The molecule has 2 heterocycles. The molecule has 7 rings (SSSR count). The average molecular weight is 1450 g/mol. The van der Waals surface area contributed by atoms with Crippen LogP contribution in [0.1, 0.15) is 148 Å². The number of carbonyl (C=O) groups excluding carboxylic acids is 1. The largest absolute Gasteiger partial charge is 0.452 e. The first kappa shape index (κ1) is 84.3. The van der Waals surface area contributed by atoms with Crippen LogP contribution in [0, 0.1) is 0 Å². The van der Waals surface area contributed by atoms with Crippen LogP contribution in [0.25, 0.3) is 0 Å². The minimum atomic E-state index is -2.94. The van der Waals surface area contributed by atoms with Crippen LogP contribution in [0.3, 0.4) is 0 Å². The van der Waals surface area contributed by atoms with Crippen molar-refractivity contribution in [3.63, 3.8) is 0 Å². The minimum absolute atomic E-state index is 0.0431. The number of ether oxygens (including phenoxy) is 9. The van der Waals surface area contributed by atoms with Crippen molar-refractivity contribution in [3.8, 4) is 0 Å². The molecule has 0 saturated carbocycles. The van der Waals surface area contributed by atoms with Gasteiger partial charge in [0.05, 0.1) is 30.0 Å². The molecule has 0 radical (unpaired) electrons. The fraction of sp³-hybridized carbons (Fsp3) is 0.568. The highest BCUT2D eigenvalue weighted by Gasteiger charge is 2.54. The standard InChI is InChI=1S/C44H64O8Si2.C37H60O7Si2/c1-33(52-54(43(5,6)7,35-24-18-14-19-25-35)36-26-20-15-21-27-36)37(47-32-46-10)28-29-38(49-41(45)34-22-16-13-17-23-34)40-39(50-44(8,9)51-40)30-31-48-53(11,12)42(2,3)4;1-28(44-46(36(5,6)7,29-19-15-13-16-20-29)30-21-17-14-18-22-30)32(40-27-39-10)24-23-31(38)34-33(42-37(8,9)43-34)25-26-41-45(11,12)35(2,3)4/h13-29,33,37-40H,30-32H2,1-12H3;13-24,28,31-34,38H,25-27H2,1-12H3/b29-28-;24-23-/t33-,37+,38?,39-,40+;28-,31?,32+,33-,34+/m00/s1. The van der Waals surface area contributed by atoms with Crippen LogP contribution in [0.4, 0.5) is 0 Å². The van der Waals surface area contributed by atoms with Crippen LogP contribution < -0.4 is 20.7 Å². The molecule has 0 spiro atoms. The molecule has 2 unspecified atom stereocenters. The number of hydrogen-bond donors (Lipinski definition) is 1. The van der Waals surface area contributed by atoms with Gasteiger partial charge >= 0.3 is 5.97 Å². The number of hydrogen-bond acceptors (Lipinski definition) is 15. The summed E-state index contributed by atoms with van der Waals surface area (Å²) in [4.78, 5) is 13.7. The van der Waals surface area contributed by atoms with Gasteiger partial charge in [-0.3, -0.25) is 0 Å². The summed E-state index contributed by atoms with van der Waals surface area (Å²) in [5.41, 5.74) is 0.447. The summed E-state index contributed by atoms with van der Waals surface area (Å²) < 4.78 is 82.8. The molecule has 1 N–H and O–H groups in total. The number of aliphatic hydroxyl groups is 1. The van der Waals surface area contributed by atoms with Crippen LogP contribution in [-0.4, -0.2) is 158 Å². The highest BCUT2D eigenvalue weighted by Crippen LogP contribution is 2.43. The number of carbonyl (C=O) groups is 1. The third-order valence-electron chi connectivity index (χ3n) is 19.9. The maximum atomic E-state index is 13.7. The summed E-state index contributed by atoms with van der Waals surface area (Å²) in [5, 5.41) is 15.9. The van der Waals surface area contributed by atoms with E-state index in [1.165, 1.54) is 20.7 Å². The third kappa shape index (κ3) is 22.2. The number of aliphatic hydroxyl groups excluding tert-OH is 1. The molecule has 2 aliphatic rings. The summed E-state index contributed by atoms with van der Waals surface area (Å²) in [6.07, 6.45) is 3.15. The molecule has 0 amide bonds. The van der Waals surface area contributed by atoms with E-state index in [0.29, 0.717) is 31.6 Å². The van der Waals surface area contributed by atoms with Gasteiger partial charge in [0.25, 0.3) is 16.6 Å². The van der Waals surface area contributed by atoms with Crippen molar-refractivity contribution in [2.45, 2.75) is 256 Å². The van der Waals surface area contributed by atoms with Crippen molar-refractivity contribution < 1.29 is 70.2 Å². The van der Waals surface area contributed by atoms with E-state index < -0.39 is 99.6 Å². The maximum Gasteiger partial charge on any atom is 0.338 e. The summed E-state index contributed by atoms with van der Waals surface area (Å²) in [7, 11) is -6.49. The smallest absolute Gasteiger partial charge is 0.338 e. The van der Waals surface area contributed by atoms with Crippen molar-refractivity contribution in [3.05, 3.63) is 182 Å². The molecule has 2 aliphatic heterocycles. The molecule has 0 aliphatic carbocycles. The number of methoxy groups -OCH3 is 2. The topological polar surface area (TPSA) is 157 Å². The Hall–Kier alpha value is -4.60. The Morgan fingerprint density at radius 3 is 1.12 bits per heavy atom. The quantitative estimate of drug-likeness (QED) is 0.0188. The SMILES string of the molecule is COCO[C@H](/C=C\C(O)[C@H]1OC(C)(C)O[C@H]1CCO[Si](C)(C)C(C)(C)C)[C@H](C)O[Si](c1ccccc1)(c1ccccc1)C(C)(C)C.COCO[C@H](/C=C\C(OC(=O)c1ccccc1)[C@H]1OC(C)(C)O[C@H]1CCO[Si](C)(C)C(C)(C)C)[C@H](C)O[Si](c1ccccc1)(c1ccccc1)C(C)(C)C. The van der Waals surface area contributed by atoms with Gasteiger partial charge in [-0.2, -0.15) is 0 Å². The lowest BCUT2D eigenvalue weighted by atomic mass is 10.0. The Bertz CT molecular complexity index is 3190. The molecule has 5 aromatic rings. The normalized spacial score (nSPS) is 20.5. The van der Waals surface area contributed by atoms with Gasteiger partial charge in [0.2, 0.25) is 0 Å². The Morgan fingerprint density at radius 1 is 0.470 bits per heavy atom. The lowest BCUT2D eigenvalue weighted by molar-refractivity contribution is -0.153. The predicted octanol–water partition coefficient (Wildman–Crippen LogP) is 15.4. The van der Waals surface area contributed by atoms with Crippen molar-refractivity contribution >= 4 is 60.0 Å². The first-order valence-corrected chi connectivity index (χ1v) is 45.4. The second-order valence-electron chi connectivity index (χ2n) is 32.6. The molecule has 10 atom stereocenters. The molecule has 2 fully saturated rings. The molecule has 5 aromatic carbocycles. The summed E-state index contributed by atoms with van der Waals surface area (Å²) >= 11 is 0. The second-order valence-corrected chi connectivity index (χ2v) is 50.7. The van der Waals surface area contributed by atoms with Crippen molar-refractivity contribution in [1.29, 1.82) is 0 Å². The Morgan fingerprint density at radius 2 is 0.790 bits per heavy atom. The number of esters is 1. The van der Waals surface area contributed by atoms with Crippen LogP contribution in [0.5, 0.6) is 0 Å². The molecule has 15 nitrogen and oxygen atoms in total. The molecule has 2 saturated heterocycles. The Kier molecular flexibility index (Phi) is 30.3. The van der Waals surface area contributed by atoms with Gasteiger partial charge in [0.1, 0.15) is 50.2 Å². The zero-order valence-electron chi connectivity index (χ0n) is 64.9. The molecule has 100 heavy (non-hydrogen) atoms. The maximum absolute atomic E-state index is 13.7. The second kappa shape index (κ2) is 35.9. The van der Waals surface area contributed by atoms with Crippen LogP contribution in [-0.2, 0) is 60.3 Å². The zero-order chi connectivity index (χ0) is 74.2. The van der Waals surface area contributed by atoms with Gasteiger partial charge < -0.3 is 65.4 Å². The average Bonchev–Trinajstić information content (AvgIpc) is 1.06. The summed E-state index contributed by atoms with van der Waals surface area (Å²) in [6, 6.07) is 51.1. The highest BCUT2D eigenvalue weighted by molar-refractivity contribution is 7.00. The Labute approximate surface area is 605 Å². The monoisotopic (exact) mass is 1450 g/mol. The van der Waals surface area contributed by atoms with Gasteiger partial charge in [0, 0.05) is 27.4 Å². The molecule has 554 valence electrons. The van der Waals surface area contributed by atoms with Crippen LogP contribution in [0.2, 0.25) is 46.3 Å². The molecule has 0 bridgehead atoms. The predicted molar refractivity (Wildman–Crippen MR) is 413 cm³/mol. The van der Waals surface area contributed by atoms with Gasteiger partial charge in [-0.25, -0.2) is 4.79 Å². The number of rotatable bonds is 32. The lowest BCUT2D eigenvalue weighted by Crippen LogP contribution is -2.68. The first-order valence-electron chi connectivity index (χ1n) is 35.7. The minimum Gasteiger partial charge on any atom is -0.452 e. The van der Waals surface area contributed by atoms with Gasteiger partial charge in [-0.05, 0) is 140 Å². The molecular weight excluding hydrogens is 1330 g/mol. The summed E-state index contributed by atoms with van der Waals surface area (Å²) in [6.45, 7) is 48.7. The fourth-order valence-electron chi connectivity index (χ4n) is 12.6. The van der Waals surface area contributed by atoms with E-state index in [0.717, 1.165) is 0 Å². The highest BCUT2D eigenvalue weighted by atomic mass is 28.4. The van der Waals surface area contributed by atoms with Gasteiger partial charge in [-0.1, -0.05) is 241 Å². The van der Waals surface area contributed by atoms with Gasteiger partial charge in [0.15, 0.2) is 28.2 Å². The van der Waals surface area contributed by atoms with E-state index in [2.05, 4.69) is 206 Å². The lowest BCUT2D eigenvalue weighted by Gasteiger charge is -2.45. The van der Waals surface area contributed by atoms with E-state index in [1.54, 1.807) is 32.4 Å². The zero-order valence-corrected chi connectivity index (χ0v) is 68.9. The van der Waals surface area contributed by atoms with Gasteiger partial charge in [-0.15, -0.1) is 0 Å². The fourth-order valence-corrected chi connectivity index (χ4v) is 24.2.